The predicted molar refractivity (Wildman–Crippen MR) is 122 cm³/mol. The van der Waals surface area contributed by atoms with Gasteiger partial charge in [0, 0.05) is 38.3 Å². The van der Waals surface area contributed by atoms with Gasteiger partial charge in [0.1, 0.15) is 5.75 Å². The average Bonchev–Trinajstić information content (AvgIpc) is 2.83. The van der Waals surface area contributed by atoms with Gasteiger partial charge in [0.15, 0.2) is 11.5 Å². The molecule has 1 aliphatic rings. The fourth-order valence-electron chi connectivity index (χ4n) is 3.39. The van der Waals surface area contributed by atoms with Gasteiger partial charge in [0.2, 0.25) is 15.9 Å². The molecule has 0 radical (unpaired) electrons. The van der Waals surface area contributed by atoms with Gasteiger partial charge in [0.25, 0.3) is 0 Å². The van der Waals surface area contributed by atoms with Crippen molar-refractivity contribution < 1.29 is 27.4 Å². The molecular weight excluding hydrogens is 432 g/mol. The molecule has 0 aromatic heterocycles. The molecule has 0 saturated carbocycles. The molecule has 172 valence electrons. The number of hydrogen-bond donors (Lipinski definition) is 0. The standard InChI is InChI=1S/C23H28N2O6S/c1-4-31-19-8-5-18(6-9-19)7-12-23(26)24-13-15-25(16-14-24)32(27,28)20-10-11-21(29-2)22(17-20)30-3/h5-12,17H,4,13-16H2,1-3H3/b12-7+. The smallest absolute Gasteiger partial charge is 0.246 e. The molecule has 3 rings (SSSR count). The third kappa shape index (κ3) is 5.41. The second kappa shape index (κ2) is 10.5. The van der Waals surface area contributed by atoms with Crippen LogP contribution in [0.25, 0.3) is 6.08 Å². The lowest BCUT2D eigenvalue weighted by Gasteiger charge is -2.33. The van der Waals surface area contributed by atoms with Crippen molar-refractivity contribution >= 4 is 22.0 Å². The van der Waals surface area contributed by atoms with Crippen LogP contribution < -0.4 is 14.2 Å². The van der Waals surface area contributed by atoms with Crippen LogP contribution in [-0.4, -0.2) is 70.5 Å². The van der Waals surface area contributed by atoms with E-state index in [-0.39, 0.29) is 23.9 Å². The quantitative estimate of drug-likeness (QED) is 0.563. The number of sulfonamides is 1. The molecule has 32 heavy (non-hydrogen) atoms. The van der Waals surface area contributed by atoms with Crippen molar-refractivity contribution in [1.82, 2.24) is 9.21 Å². The summed E-state index contributed by atoms with van der Waals surface area (Å²) in [6.07, 6.45) is 3.25. The molecule has 2 aromatic rings. The Kier molecular flexibility index (Phi) is 7.76. The largest absolute Gasteiger partial charge is 0.494 e. The summed E-state index contributed by atoms with van der Waals surface area (Å²) in [6.45, 7) is 3.60. The van der Waals surface area contributed by atoms with Gasteiger partial charge in [-0.15, -0.1) is 0 Å². The third-order valence-corrected chi connectivity index (χ3v) is 7.05. The van der Waals surface area contributed by atoms with Crippen molar-refractivity contribution in [2.45, 2.75) is 11.8 Å². The zero-order valence-electron chi connectivity index (χ0n) is 18.5. The molecule has 0 spiro atoms. The monoisotopic (exact) mass is 460 g/mol. The van der Waals surface area contributed by atoms with E-state index >= 15 is 0 Å². The van der Waals surface area contributed by atoms with Crippen molar-refractivity contribution in [1.29, 1.82) is 0 Å². The summed E-state index contributed by atoms with van der Waals surface area (Å²) in [5.41, 5.74) is 0.886. The number of hydrogen-bond acceptors (Lipinski definition) is 6. The highest BCUT2D eigenvalue weighted by molar-refractivity contribution is 7.89. The van der Waals surface area contributed by atoms with Crippen LogP contribution in [0.15, 0.2) is 53.4 Å². The number of carbonyl (C=O) groups excluding carboxylic acids is 1. The summed E-state index contributed by atoms with van der Waals surface area (Å²) in [6, 6.07) is 12.0. The van der Waals surface area contributed by atoms with Crippen LogP contribution in [0, 0.1) is 0 Å². The SMILES string of the molecule is CCOc1ccc(/C=C/C(=O)N2CCN(S(=O)(=O)c3ccc(OC)c(OC)c3)CC2)cc1. The summed E-state index contributed by atoms with van der Waals surface area (Å²) < 4.78 is 43.2. The van der Waals surface area contributed by atoms with Gasteiger partial charge < -0.3 is 19.1 Å². The van der Waals surface area contributed by atoms with E-state index in [0.717, 1.165) is 11.3 Å². The van der Waals surface area contributed by atoms with Gasteiger partial charge in [-0.25, -0.2) is 8.42 Å². The Balaban J connectivity index is 1.60. The van der Waals surface area contributed by atoms with Crippen LogP contribution in [0.2, 0.25) is 0 Å². The Hall–Kier alpha value is -3.04. The summed E-state index contributed by atoms with van der Waals surface area (Å²) in [5.74, 6) is 1.44. The highest BCUT2D eigenvalue weighted by Gasteiger charge is 2.30. The van der Waals surface area contributed by atoms with Crippen molar-refractivity contribution in [2.24, 2.45) is 0 Å². The number of nitrogens with zero attached hydrogens (tertiary/aromatic N) is 2. The van der Waals surface area contributed by atoms with E-state index in [1.165, 1.54) is 36.7 Å². The van der Waals surface area contributed by atoms with Crippen LogP contribution in [0.1, 0.15) is 12.5 Å². The van der Waals surface area contributed by atoms with Gasteiger partial charge in [-0.05, 0) is 42.8 Å². The normalized spacial score (nSPS) is 15.0. The molecule has 0 unspecified atom stereocenters. The van der Waals surface area contributed by atoms with E-state index in [1.807, 2.05) is 31.2 Å². The highest BCUT2D eigenvalue weighted by atomic mass is 32.2. The van der Waals surface area contributed by atoms with Crippen LogP contribution in [-0.2, 0) is 14.8 Å². The van der Waals surface area contributed by atoms with Gasteiger partial charge in [-0.3, -0.25) is 4.79 Å². The Labute approximate surface area is 189 Å². The Morgan fingerprint density at radius 1 is 0.969 bits per heavy atom. The van der Waals surface area contributed by atoms with Gasteiger partial charge >= 0.3 is 0 Å². The first-order valence-corrected chi connectivity index (χ1v) is 11.7. The summed E-state index contributed by atoms with van der Waals surface area (Å²) in [7, 11) is -0.752. The van der Waals surface area contributed by atoms with Crippen LogP contribution in [0.4, 0.5) is 0 Å². The topological polar surface area (TPSA) is 85.4 Å². The zero-order valence-corrected chi connectivity index (χ0v) is 19.3. The summed E-state index contributed by atoms with van der Waals surface area (Å²) in [4.78, 5) is 14.3. The number of ether oxygens (including phenoxy) is 3. The number of amides is 1. The average molecular weight is 461 g/mol. The zero-order chi connectivity index (χ0) is 23.1. The lowest BCUT2D eigenvalue weighted by atomic mass is 10.2. The highest BCUT2D eigenvalue weighted by Crippen LogP contribution is 2.30. The Morgan fingerprint density at radius 2 is 1.62 bits per heavy atom. The first-order valence-electron chi connectivity index (χ1n) is 10.3. The minimum atomic E-state index is -3.70. The minimum Gasteiger partial charge on any atom is -0.494 e. The maximum absolute atomic E-state index is 13.0. The molecule has 8 nitrogen and oxygen atoms in total. The molecule has 1 aliphatic heterocycles. The molecule has 1 saturated heterocycles. The maximum Gasteiger partial charge on any atom is 0.246 e. The number of methoxy groups -OCH3 is 2. The maximum atomic E-state index is 13.0. The van der Waals surface area contributed by atoms with Gasteiger partial charge in [-0.2, -0.15) is 4.31 Å². The number of carbonyl (C=O) groups is 1. The molecule has 0 aliphatic carbocycles. The second-order valence-electron chi connectivity index (χ2n) is 7.08. The molecule has 9 heteroatoms. The summed E-state index contributed by atoms with van der Waals surface area (Å²) in [5, 5.41) is 0. The fraction of sp³-hybridized carbons (Fsp3) is 0.348. The van der Waals surface area contributed by atoms with Crippen molar-refractivity contribution in [3.05, 3.63) is 54.1 Å². The van der Waals surface area contributed by atoms with Crippen LogP contribution >= 0.6 is 0 Å². The molecule has 1 amide bonds. The first kappa shape index (κ1) is 23.6. The Bertz CT molecular complexity index is 1060. The molecule has 0 bridgehead atoms. The van der Waals surface area contributed by atoms with E-state index in [0.29, 0.717) is 31.2 Å². The molecule has 0 atom stereocenters. The molecule has 1 fully saturated rings. The van der Waals surface area contributed by atoms with Crippen LogP contribution in [0.3, 0.4) is 0 Å². The van der Waals surface area contributed by atoms with E-state index in [1.54, 1.807) is 17.0 Å². The van der Waals surface area contributed by atoms with Crippen molar-refractivity contribution in [3.8, 4) is 17.2 Å². The predicted octanol–water partition coefficient (Wildman–Crippen LogP) is 2.65. The molecule has 1 heterocycles. The second-order valence-corrected chi connectivity index (χ2v) is 9.02. The lowest BCUT2D eigenvalue weighted by molar-refractivity contribution is -0.127. The van der Waals surface area contributed by atoms with E-state index in [2.05, 4.69) is 0 Å². The van der Waals surface area contributed by atoms with Crippen LogP contribution in [0.5, 0.6) is 17.2 Å². The fourth-order valence-corrected chi connectivity index (χ4v) is 4.83. The molecule has 0 N–H and O–H groups in total. The number of piperazine rings is 1. The van der Waals surface area contributed by atoms with Crippen molar-refractivity contribution in [2.75, 3.05) is 47.0 Å². The van der Waals surface area contributed by atoms with E-state index in [4.69, 9.17) is 14.2 Å². The number of rotatable bonds is 8. The van der Waals surface area contributed by atoms with E-state index in [9.17, 15) is 13.2 Å². The number of benzene rings is 2. The van der Waals surface area contributed by atoms with E-state index < -0.39 is 10.0 Å². The molecular formula is C23H28N2O6S. The lowest BCUT2D eigenvalue weighted by Crippen LogP contribution is -2.50. The summed E-state index contributed by atoms with van der Waals surface area (Å²) >= 11 is 0. The van der Waals surface area contributed by atoms with Gasteiger partial charge in [-0.1, -0.05) is 12.1 Å². The van der Waals surface area contributed by atoms with Crippen molar-refractivity contribution in [3.63, 3.8) is 0 Å². The third-order valence-electron chi connectivity index (χ3n) is 5.15. The molecule has 2 aromatic carbocycles. The Morgan fingerprint density at radius 3 is 2.22 bits per heavy atom. The first-order chi connectivity index (χ1) is 15.4. The van der Waals surface area contributed by atoms with Gasteiger partial charge in [0.05, 0.1) is 25.7 Å². The minimum absolute atomic E-state index is 0.130.